The number of carbonyl (C=O) groups excluding carboxylic acids is 1. The third kappa shape index (κ3) is 2.42. The standard InChI is InChI=1S/C14H15NO3/c1-4-17-14(16)12-8-18-13(15-12)11-6-5-9(2)10(3)7-11/h5-8H,4H2,1-3H3. The number of nitrogens with zero attached hydrogens (tertiary/aromatic N) is 1. The molecule has 4 nitrogen and oxygen atoms in total. The quantitative estimate of drug-likeness (QED) is 0.779. The third-order valence-corrected chi connectivity index (χ3v) is 2.74. The van der Waals surface area contributed by atoms with Crippen LogP contribution in [-0.2, 0) is 4.74 Å². The van der Waals surface area contributed by atoms with Crippen LogP contribution in [0.25, 0.3) is 11.5 Å². The molecule has 0 aliphatic heterocycles. The van der Waals surface area contributed by atoms with Crippen LogP contribution < -0.4 is 0 Å². The van der Waals surface area contributed by atoms with E-state index in [1.165, 1.54) is 11.8 Å². The fourth-order valence-corrected chi connectivity index (χ4v) is 1.58. The lowest BCUT2D eigenvalue weighted by Crippen LogP contribution is -2.04. The second kappa shape index (κ2) is 5.04. The van der Waals surface area contributed by atoms with E-state index < -0.39 is 5.97 Å². The van der Waals surface area contributed by atoms with E-state index in [-0.39, 0.29) is 5.69 Å². The van der Waals surface area contributed by atoms with Crippen molar-refractivity contribution in [1.82, 2.24) is 4.98 Å². The second-order valence-electron chi connectivity index (χ2n) is 4.06. The van der Waals surface area contributed by atoms with Gasteiger partial charge in [0.15, 0.2) is 5.69 Å². The van der Waals surface area contributed by atoms with Crippen molar-refractivity contribution in [3.05, 3.63) is 41.3 Å². The molecule has 0 bridgehead atoms. The average molecular weight is 245 g/mol. The zero-order valence-electron chi connectivity index (χ0n) is 10.7. The molecule has 1 aromatic carbocycles. The Morgan fingerprint density at radius 1 is 1.33 bits per heavy atom. The van der Waals surface area contributed by atoms with Crippen LogP contribution in [-0.4, -0.2) is 17.6 Å². The molecule has 0 aliphatic carbocycles. The Labute approximate surface area is 106 Å². The molecule has 0 N–H and O–H groups in total. The van der Waals surface area contributed by atoms with Gasteiger partial charge in [0.2, 0.25) is 5.89 Å². The molecule has 1 aromatic heterocycles. The lowest BCUT2D eigenvalue weighted by Gasteiger charge is -2.01. The molecule has 0 fully saturated rings. The summed E-state index contributed by atoms with van der Waals surface area (Å²) < 4.78 is 10.2. The first kappa shape index (κ1) is 12.4. The molecule has 0 atom stereocenters. The van der Waals surface area contributed by atoms with E-state index in [1.54, 1.807) is 6.92 Å². The normalized spacial score (nSPS) is 10.4. The van der Waals surface area contributed by atoms with Gasteiger partial charge in [-0.05, 0) is 44.0 Å². The summed E-state index contributed by atoms with van der Waals surface area (Å²) in [5.41, 5.74) is 3.41. The zero-order chi connectivity index (χ0) is 13.1. The van der Waals surface area contributed by atoms with Gasteiger partial charge in [0, 0.05) is 5.56 Å². The summed E-state index contributed by atoms with van der Waals surface area (Å²) in [6.45, 7) is 6.14. The minimum Gasteiger partial charge on any atom is -0.461 e. The molecule has 0 saturated heterocycles. The molecule has 0 aliphatic rings. The highest BCUT2D eigenvalue weighted by Crippen LogP contribution is 2.21. The SMILES string of the molecule is CCOC(=O)c1coc(-c2ccc(C)c(C)c2)n1. The van der Waals surface area contributed by atoms with Gasteiger partial charge in [-0.2, -0.15) is 0 Å². The molecule has 4 heteroatoms. The summed E-state index contributed by atoms with van der Waals surface area (Å²) in [6, 6.07) is 5.90. The van der Waals surface area contributed by atoms with Gasteiger partial charge in [0.25, 0.3) is 0 Å². The molecule has 0 spiro atoms. The number of ether oxygens (including phenoxy) is 1. The summed E-state index contributed by atoms with van der Waals surface area (Å²) >= 11 is 0. The van der Waals surface area contributed by atoms with Crippen molar-refractivity contribution in [3.63, 3.8) is 0 Å². The van der Waals surface area contributed by atoms with Gasteiger partial charge < -0.3 is 9.15 Å². The minimum atomic E-state index is -0.462. The van der Waals surface area contributed by atoms with E-state index in [2.05, 4.69) is 4.98 Å². The molecule has 1 heterocycles. The molecular formula is C14H15NO3. The minimum absolute atomic E-state index is 0.199. The highest BCUT2D eigenvalue weighted by molar-refractivity contribution is 5.87. The van der Waals surface area contributed by atoms with Gasteiger partial charge in [-0.25, -0.2) is 9.78 Å². The summed E-state index contributed by atoms with van der Waals surface area (Å²) in [7, 11) is 0. The van der Waals surface area contributed by atoms with E-state index in [1.807, 2.05) is 32.0 Å². The van der Waals surface area contributed by atoms with Gasteiger partial charge in [-0.1, -0.05) is 6.07 Å². The number of rotatable bonds is 3. The lowest BCUT2D eigenvalue weighted by atomic mass is 10.1. The molecule has 0 radical (unpaired) electrons. The number of carbonyl (C=O) groups is 1. The van der Waals surface area contributed by atoms with Crippen LogP contribution in [0, 0.1) is 13.8 Å². The molecule has 2 rings (SSSR count). The highest BCUT2D eigenvalue weighted by Gasteiger charge is 2.14. The maximum atomic E-state index is 11.5. The average Bonchev–Trinajstić information content (AvgIpc) is 2.82. The van der Waals surface area contributed by atoms with Crippen molar-refractivity contribution < 1.29 is 13.9 Å². The van der Waals surface area contributed by atoms with Crippen LogP contribution in [0.1, 0.15) is 28.5 Å². The summed E-state index contributed by atoms with van der Waals surface area (Å²) in [4.78, 5) is 15.6. The van der Waals surface area contributed by atoms with Gasteiger partial charge in [-0.3, -0.25) is 0 Å². The number of aryl methyl sites for hydroxylation is 2. The largest absolute Gasteiger partial charge is 0.461 e. The van der Waals surface area contributed by atoms with E-state index in [4.69, 9.17) is 9.15 Å². The third-order valence-electron chi connectivity index (χ3n) is 2.74. The Hall–Kier alpha value is -2.10. The van der Waals surface area contributed by atoms with Crippen molar-refractivity contribution in [1.29, 1.82) is 0 Å². The Morgan fingerprint density at radius 3 is 2.78 bits per heavy atom. The van der Waals surface area contributed by atoms with Crippen LogP contribution in [0.2, 0.25) is 0 Å². The molecule has 0 amide bonds. The Bertz CT molecular complexity index is 572. The van der Waals surface area contributed by atoms with Crippen molar-refractivity contribution in [2.24, 2.45) is 0 Å². The fourth-order valence-electron chi connectivity index (χ4n) is 1.58. The molecular weight excluding hydrogens is 230 g/mol. The van der Waals surface area contributed by atoms with E-state index >= 15 is 0 Å². The van der Waals surface area contributed by atoms with Gasteiger partial charge in [0.1, 0.15) is 6.26 Å². The van der Waals surface area contributed by atoms with Crippen molar-refractivity contribution in [3.8, 4) is 11.5 Å². The Kier molecular flexibility index (Phi) is 3.46. The van der Waals surface area contributed by atoms with Crippen LogP contribution >= 0.6 is 0 Å². The van der Waals surface area contributed by atoms with Crippen molar-refractivity contribution >= 4 is 5.97 Å². The van der Waals surface area contributed by atoms with Gasteiger partial charge in [0.05, 0.1) is 6.61 Å². The maximum absolute atomic E-state index is 11.5. The van der Waals surface area contributed by atoms with Crippen LogP contribution in [0.4, 0.5) is 0 Å². The highest BCUT2D eigenvalue weighted by atomic mass is 16.5. The van der Waals surface area contributed by atoms with Crippen molar-refractivity contribution in [2.45, 2.75) is 20.8 Å². The molecule has 18 heavy (non-hydrogen) atoms. The van der Waals surface area contributed by atoms with Gasteiger partial charge >= 0.3 is 5.97 Å². The fraction of sp³-hybridized carbons (Fsp3) is 0.286. The molecule has 0 saturated carbocycles. The predicted octanol–water partition coefficient (Wildman–Crippen LogP) is 3.14. The first-order chi connectivity index (χ1) is 8.61. The first-order valence-corrected chi connectivity index (χ1v) is 5.82. The number of hydrogen-bond acceptors (Lipinski definition) is 4. The monoisotopic (exact) mass is 245 g/mol. The number of oxazole rings is 1. The lowest BCUT2D eigenvalue weighted by molar-refractivity contribution is 0.0519. The topological polar surface area (TPSA) is 52.3 Å². The van der Waals surface area contributed by atoms with E-state index in [0.717, 1.165) is 11.1 Å². The molecule has 2 aromatic rings. The molecule has 0 unspecified atom stereocenters. The number of aromatic nitrogens is 1. The van der Waals surface area contributed by atoms with E-state index in [9.17, 15) is 4.79 Å². The Morgan fingerprint density at radius 2 is 2.11 bits per heavy atom. The van der Waals surface area contributed by atoms with Crippen LogP contribution in [0.15, 0.2) is 28.9 Å². The number of esters is 1. The van der Waals surface area contributed by atoms with Crippen LogP contribution in [0.3, 0.4) is 0 Å². The number of benzene rings is 1. The predicted molar refractivity (Wildman–Crippen MR) is 67.4 cm³/mol. The number of hydrogen-bond donors (Lipinski definition) is 0. The maximum Gasteiger partial charge on any atom is 0.360 e. The van der Waals surface area contributed by atoms with Crippen LogP contribution in [0.5, 0.6) is 0 Å². The van der Waals surface area contributed by atoms with Gasteiger partial charge in [-0.15, -0.1) is 0 Å². The summed E-state index contributed by atoms with van der Waals surface area (Å²) in [5, 5.41) is 0. The molecule has 94 valence electrons. The second-order valence-corrected chi connectivity index (χ2v) is 4.06. The van der Waals surface area contributed by atoms with Crippen molar-refractivity contribution in [2.75, 3.05) is 6.61 Å². The summed E-state index contributed by atoms with van der Waals surface area (Å²) in [6.07, 6.45) is 1.32. The Balaban J connectivity index is 2.29. The zero-order valence-corrected chi connectivity index (χ0v) is 10.7. The summed E-state index contributed by atoms with van der Waals surface area (Å²) in [5.74, 6) is -0.0301. The smallest absolute Gasteiger partial charge is 0.360 e. The van der Waals surface area contributed by atoms with E-state index in [0.29, 0.717) is 12.5 Å². The first-order valence-electron chi connectivity index (χ1n) is 5.82.